The highest BCUT2D eigenvalue weighted by Crippen LogP contribution is 2.27. The van der Waals surface area contributed by atoms with Crippen LogP contribution in [0.2, 0.25) is 0 Å². The Morgan fingerprint density at radius 2 is 2.43 bits per heavy atom. The topological polar surface area (TPSA) is 3.24 Å². The van der Waals surface area contributed by atoms with Crippen LogP contribution < -0.4 is 0 Å². The van der Waals surface area contributed by atoms with E-state index >= 15 is 0 Å². The minimum Gasteiger partial charge on any atom is -0.298 e. The first-order valence-electron chi connectivity index (χ1n) is 4.80. The highest BCUT2D eigenvalue weighted by atomic mass is 79.9. The number of rotatable bonds is 3. The van der Waals surface area contributed by atoms with E-state index in [1.54, 1.807) is 0 Å². The molecule has 0 saturated carbocycles. The third-order valence-corrected chi connectivity index (χ3v) is 5.47. The Morgan fingerprint density at radius 3 is 3.00 bits per heavy atom. The number of thiophene rings is 1. The first kappa shape index (κ1) is 11.1. The van der Waals surface area contributed by atoms with Crippen LogP contribution in [0.1, 0.15) is 11.3 Å². The molecule has 0 spiro atoms. The lowest BCUT2D eigenvalue weighted by atomic mass is 10.2. The fourth-order valence-corrected chi connectivity index (χ4v) is 3.87. The quantitative estimate of drug-likeness (QED) is 0.759. The Balaban J connectivity index is 1.90. The molecular weight excluding hydrogens is 326 g/mol. The van der Waals surface area contributed by atoms with Crippen LogP contribution in [0.15, 0.2) is 15.9 Å². The van der Waals surface area contributed by atoms with Crippen molar-refractivity contribution in [1.82, 2.24) is 4.90 Å². The van der Waals surface area contributed by atoms with E-state index in [9.17, 15) is 0 Å². The molecule has 2 rings (SSSR count). The molecular formula is C10H13Br2NS. The third kappa shape index (κ3) is 2.60. The van der Waals surface area contributed by atoms with Gasteiger partial charge in [-0.2, -0.15) is 0 Å². The second-order valence-electron chi connectivity index (χ2n) is 3.74. The lowest BCUT2D eigenvalue weighted by Gasteiger charge is -2.14. The smallest absolute Gasteiger partial charge is 0.0339 e. The van der Waals surface area contributed by atoms with Crippen LogP contribution >= 0.6 is 43.2 Å². The van der Waals surface area contributed by atoms with Gasteiger partial charge in [0.2, 0.25) is 0 Å². The van der Waals surface area contributed by atoms with Crippen LogP contribution in [-0.4, -0.2) is 23.3 Å². The molecule has 1 aliphatic rings. The maximum absolute atomic E-state index is 3.58. The molecule has 1 fully saturated rings. The Labute approximate surface area is 106 Å². The summed E-state index contributed by atoms with van der Waals surface area (Å²) < 4.78 is 1.27. The molecule has 1 aromatic rings. The highest BCUT2D eigenvalue weighted by Gasteiger charge is 2.21. The van der Waals surface area contributed by atoms with Gasteiger partial charge >= 0.3 is 0 Å². The fraction of sp³-hybridized carbons (Fsp3) is 0.600. The van der Waals surface area contributed by atoms with Crippen LogP contribution in [0, 0.1) is 5.92 Å². The van der Waals surface area contributed by atoms with Crippen molar-refractivity contribution in [2.24, 2.45) is 5.92 Å². The summed E-state index contributed by atoms with van der Waals surface area (Å²) in [6.45, 7) is 3.61. The highest BCUT2D eigenvalue weighted by molar-refractivity contribution is 9.10. The van der Waals surface area contributed by atoms with Crippen molar-refractivity contribution in [2.45, 2.75) is 13.0 Å². The minimum absolute atomic E-state index is 0.855. The van der Waals surface area contributed by atoms with Crippen LogP contribution in [0.25, 0.3) is 0 Å². The number of halogens is 2. The molecule has 0 aliphatic carbocycles. The molecule has 1 nitrogen and oxygen atoms in total. The van der Waals surface area contributed by atoms with Gasteiger partial charge in [-0.05, 0) is 46.3 Å². The van der Waals surface area contributed by atoms with Gasteiger partial charge in [-0.3, -0.25) is 4.90 Å². The molecule has 14 heavy (non-hydrogen) atoms. The summed E-state index contributed by atoms with van der Waals surface area (Å²) in [4.78, 5) is 4.00. The van der Waals surface area contributed by atoms with Crippen molar-refractivity contribution in [2.75, 3.05) is 18.4 Å². The van der Waals surface area contributed by atoms with Crippen molar-refractivity contribution in [1.29, 1.82) is 0 Å². The van der Waals surface area contributed by atoms with E-state index in [2.05, 4.69) is 48.2 Å². The Kier molecular flexibility index (Phi) is 4.05. The van der Waals surface area contributed by atoms with Crippen LogP contribution in [-0.2, 0) is 6.54 Å². The van der Waals surface area contributed by atoms with E-state index in [4.69, 9.17) is 0 Å². The fourth-order valence-electron chi connectivity index (χ4n) is 1.82. The van der Waals surface area contributed by atoms with Gasteiger partial charge in [0.05, 0.1) is 0 Å². The molecule has 1 aliphatic heterocycles. The molecule has 1 saturated heterocycles. The average Bonchev–Trinajstić information content (AvgIpc) is 2.77. The van der Waals surface area contributed by atoms with Crippen molar-refractivity contribution >= 4 is 43.2 Å². The minimum atomic E-state index is 0.855. The van der Waals surface area contributed by atoms with Gasteiger partial charge in [-0.15, -0.1) is 11.3 Å². The number of hydrogen-bond donors (Lipinski definition) is 0. The standard InChI is InChI=1S/C10H13Br2NS/c11-5-8-1-3-13(6-8)7-10-9(12)2-4-14-10/h2,4,8H,1,3,5-7H2. The summed E-state index contributed by atoms with van der Waals surface area (Å²) >= 11 is 8.99. The second-order valence-corrected chi connectivity index (χ2v) is 6.24. The molecule has 1 aromatic heterocycles. The Morgan fingerprint density at radius 1 is 1.57 bits per heavy atom. The predicted octanol–water partition coefficient (Wildman–Crippen LogP) is 3.73. The third-order valence-electron chi connectivity index (χ3n) is 2.65. The van der Waals surface area contributed by atoms with Crippen molar-refractivity contribution in [3.63, 3.8) is 0 Å². The van der Waals surface area contributed by atoms with E-state index < -0.39 is 0 Å². The first-order valence-corrected chi connectivity index (χ1v) is 7.59. The monoisotopic (exact) mass is 337 g/mol. The van der Waals surface area contributed by atoms with Gasteiger partial charge < -0.3 is 0 Å². The Bertz CT molecular complexity index is 300. The average molecular weight is 339 g/mol. The summed E-state index contributed by atoms with van der Waals surface area (Å²) in [7, 11) is 0. The zero-order chi connectivity index (χ0) is 9.97. The molecule has 0 bridgehead atoms. The van der Waals surface area contributed by atoms with Crippen LogP contribution in [0.4, 0.5) is 0 Å². The zero-order valence-corrected chi connectivity index (χ0v) is 11.9. The number of alkyl halides is 1. The normalized spacial score (nSPS) is 23.1. The SMILES string of the molecule is BrCC1CCN(Cc2sccc2Br)C1. The number of hydrogen-bond acceptors (Lipinski definition) is 2. The summed E-state index contributed by atoms with van der Waals surface area (Å²) in [5.74, 6) is 0.855. The van der Waals surface area contributed by atoms with Crippen LogP contribution in [0.5, 0.6) is 0 Å². The lowest BCUT2D eigenvalue weighted by Crippen LogP contribution is -2.19. The van der Waals surface area contributed by atoms with Crippen LogP contribution in [0.3, 0.4) is 0 Å². The maximum Gasteiger partial charge on any atom is 0.0339 e. The van der Waals surface area contributed by atoms with Gasteiger partial charge in [0.25, 0.3) is 0 Å². The van der Waals surface area contributed by atoms with E-state index in [1.807, 2.05) is 11.3 Å². The van der Waals surface area contributed by atoms with Gasteiger partial charge in [-0.1, -0.05) is 15.9 Å². The molecule has 1 unspecified atom stereocenters. The molecule has 0 N–H and O–H groups in total. The number of likely N-dealkylation sites (tertiary alicyclic amines) is 1. The van der Waals surface area contributed by atoms with Crippen molar-refractivity contribution in [3.8, 4) is 0 Å². The molecule has 0 radical (unpaired) electrons. The predicted molar refractivity (Wildman–Crippen MR) is 69.2 cm³/mol. The summed E-state index contributed by atoms with van der Waals surface area (Å²) in [5.41, 5.74) is 0. The summed E-state index contributed by atoms with van der Waals surface area (Å²) in [5, 5.41) is 3.30. The Hall–Kier alpha value is 0.620. The summed E-state index contributed by atoms with van der Waals surface area (Å²) in [6.07, 6.45) is 1.34. The lowest BCUT2D eigenvalue weighted by molar-refractivity contribution is 0.323. The molecule has 0 amide bonds. The van der Waals surface area contributed by atoms with E-state index in [1.165, 1.54) is 28.9 Å². The molecule has 2 heterocycles. The van der Waals surface area contributed by atoms with E-state index in [0.717, 1.165) is 17.8 Å². The van der Waals surface area contributed by atoms with E-state index in [0.29, 0.717) is 0 Å². The first-order chi connectivity index (χ1) is 6.79. The van der Waals surface area contributed by atoms with Gasteiger partial charge in [0.15, 0.2) is 0 Å². The number of nitrogens with zero attached hydrogens (tertiary/aromatic N) is 1. The largest absolute Gasteiger partial charge is 0.298 e. The zero-order valence-electron chi connectivity index (χ0n) is 7.88. The van der Waals surface area contributed by atoms with Crippen molar-refractivity contribution < 1.29 is 0 Å². The second kappa shape index (κ2) is 5.10. The molecule has 0 aromatic carbocycles. The van der Waals surface area contributed by atoms with Gasteiger partial charge in [0, 0.05) is 27.8 Å². The maximum atomic E-state index is 3.58. The van der Waals surface area contributed by atoms with E-state index in [-0.39, 0.29) is 0 Å². The molecule has 1 atom stereocenters. The van der Waals surface area contributed by atoms with Gasteiger partial charge in [-0.25, -0.2) is 0 Å². The van der Waals surface area contributed by atoms with Crippen molar-refractivity contribution in [3.05, 3.63) is 20.8 Å². The summed E-state index contributed by atoms with van der Waals surface area (Å²) in [6, 6.07) is 2.14. The van der Waals surface area contributed by atoms with Gasteiger partial charge in [0.1, 0.15) is 0 Å². The molecule has 78 valence electrons. The molecule has 4 heteroatoms.